The fourth-order valence-electron chi connectivity index (χ4n) is 5.70. The molecular formula is C53H61ClN4O5S2. The fourth-order valence-corrected chi connectivity index (χ4v) is 6.12. The summed E-state index contributed by atoms with van der Waals surface area (Å²) in [4.78, 5) is 59.6. The normalized spacial score (nSPS) is 10.7. The molecule has 0 aliphatic carbocycles. The van der Waals surface area contributed by atoms with E-state index in [-0.39, 0.29) is 44.7 Å². The highest BCUT2D eigenvalue weighted by Crippen LogP contribution is 2.24. The van der Waals surface area contributed by atoms with Gasteiger partial charge in [-0.05, 0) is 155 Å². The van der Waals surface area contributed by atoms with E-state index in [1.165, 1.54) is 16.7 Å². The molecule has 342 valence electrons. The zero-order valence-corrected chi connectivity index (χ0v) is 41.6. The van der Waals surface area contributed by atoms with Gasteiger partial charge < -0.3 is 11.1 Å². The molecule has 0 aliphatic heterocycles. The zero-order valence-electron chi connectivity index (χ0n) is 39.2. The van der Waals surface area contributed by atoms with E-state index in [1.807, 2.05) is 72.8 Å². The smallest absolute Gasteiger partial charge is 0.285 e. The Morgan fingerprint density at radius 1 is 0.569 bits per heavy atom. The molecule has 0 aromatic heterocycles. The van der Waals surface area contributed by atoms with E-state index in [1.54, 1.807) is 62.4 Å². The van der Waals surface area contributed by atoms with Crippen LogP contribution >= 0.6 is 36.0 Å². The molecule has 9 nitrogen and oxygen atoms in total. The van der Waals surface area contributed by atoms with Gasteiger partial charge >= 0.3 is 0 Å². The zero-order chi connectivity index (χ0) is 49.1. The minimum atomic E-state index is -0.402. The van der Waals surface area contributed by atoms with Crippen molar-refractivity contribution in [1.29, 1.82) is 0 Å². The van der Waals surface area contributed by atoms with Crippen molar-refractivity contribution in [2.75, 3.05) is 11.1 Å². The SMILES string of the molecule is CC(=O)Cc1ccc(N)cc1.CC(=O)Cc1ccc(NC(=S)NC(=O)c2ccc(C(C)(C)C)cc2)cc1.CC(C)(C)c1ccc(C(=O)Cl)cc1.CC(C)(C)c1ccc(C(=O)N=C=S)cc1. The summed E-state index contributed by atoms with van der Waals surface area (Å²) >= 11 is 14.9. The average Bonchev–Trinajstić information content (AvgIpc) is 3.22. The highest BCUT2D eigenvalue weighted by molar-refractivity contribution is 7.80. The monoisotopic (exact) mass is 932 g/mol. The van der Waals surface area contributed by atoms with Gasteiger partial charge in [0.25, 0.3) is 17.1 Å². The van der Waals surface area contributed by atoms with Crippen LogP contribution in [-0.4, -0.2) is 38.9 Å². The third-order valence-corrected chi connectivity index (χ3v) is 9.97. The van der Waals surface area contributed by atoms with Gasteiger partial charge in [0.15, 0.2) is 5.11 Å². The summed E-state index contributed by atoms with van der Waals surface area (Å²) in [5.74, 6) is -0.303. The number of ketones is 2. The number of halogens is 1. The van der Waals surface area contributed by atoms with Gasteiger partial charge in [-0.2, -0.15) is 4.99 Å². The number of anilines is 2. The van der Waals surface area contributed by atoms with E-state index in [2.05, 4.69) is 95.3 Å². The molecule has 2 amide bonds. The predicted octanol–water partition coefficient (Wildman–Crippen LogP) is 12.2. The number of hydrogen-bond donors (Lipinski definition) is 3. The number of carbonyl (C=O) groups is 5. The van der Waals surface area contributed by atoms with E-state index in [0.717, 1.165) is 22.5 Å². The van der Waals surface area contributed by atoms with E-state index in [0.29, 0.717) is 29.5 Å². The summed E-state index contributed by atoms with van der Waals surface area (Å²) in [5.41, 5.74) is 14.4. The molecule has 0 saturated heterocycles. The minimum Gasteiger partial charge on any atom is -0.399 e. The third-order valence-electron chi connectivity index (χ3n) is 9.46. The number of nitrogens with one attached hydrogen (secondary N) is 2. The Hall–Kier alpha value is -5.97. The number of benzene rings is 5. The van der Waals surface area contributed by atoms with Crippen LogP contribution in [0.15, 0.2) is 126 Å². The van der Waals surface area contributed by atoms with Crippen molar-refractivity contribution in [2.45, 2.75) is 105 Å². The van der Waals surface area contributed by atoms with Crippen molar-refractivity contribution >= 4 is 86.3 Å². The molecule has 65 heavy (non-hydrogen) atoms. The van der Waals surface area contributed by atoms with Gasteiger partial charge in [0.1, 0.15) is 11.6 Å². The largest absolute Gasteiger partial charge is 0.399 e. The van der Waals surface area contributed by atoms with Gasteiger partial charge in [0.05, 0.1) is 5.16 Å². The summed E-state index contributed by atoms with van der Waals surface area (Å²) in [6.45, 7) is 22.3. The molecule has 0 fully saturated rings. The van der Waals surface area contributed by atoms with Crippen LogP contribution in [0.1, 0.15) is 135 Å². The maximum absolute atomic E-state index is 12.3. The third kappa shape index (κ3) is 21.0. The Morgan fingerprint density at radius 2 is 0.923 bits per heavy atom. The number of thiocarbonyl (C=S) groups is 2. The molecule has 0 bridgehead atoms. The van der Waals surface area contributed by atoms with Crippen LogP contribution in [0.2, 0.25) is 0 Å². The fraction of sp³-hybridized carbons (Fsp3) is 0.302. The quantitative estimate of drug-likeness (QED) is 0.0598. The number of isothiocyanates is 1. The number of Topliss-reactive ketones (excluding diaryl/α,β-unsaturated/α-hetero) is 2. The number of hydrogen-bond acceptors (Lipinski definition) is 8. The maximum atomic E-state index is 12.3. The summed E-state index contributed by atoms with van der Waals surface area (Å²) in [7, 11) is 0. The molecule has 12 heteroatoms. The van der Waals surface area contributed by atoms with Crippen LogP contribution in [-0.2, 0) is 38.7 Å². The lowest BCUT2D eigenvalue weighted by molar-refractivity contribution is -0.117. The molecular weight excluding hydrogens is 872 g/mol. The number of nitrogens with zero attached hydrogens (tertiary/aromatic N) is 1. The first-order valence-electron chi connectivity index (χ1n) is 20.9. The number of rotatable bonds is 8. The lowest BCUT2D eigenvalue weighted by Gasteiger charge is -2.19. The molecule has 0 saturated carbocycles. The predicted molar refractivity (Wildman–Crippen MR) is 275 cm³/mol. The average molecular weight is 934 g/mol. The first-order valence-corrected chi connectivity index (χ1v) is 22.1. The van der Waals surface area contributed by atoms with Gasteiger partial charge in [-0.25, -0.2) is 0 Å². The molecule has 0 atom stereocenters. The van der Waals surface area contributed by atoms with Crippen molar-refractivity contribution in [3.05, 3.63) is 166 Å². The van der Waals surface area contributed by atoms with Crippen LogP contribution in [0.4, 0.5) is 11.4 Å². The maximum Gasteiger partial charge on any atom is 0.285 e. The Morgan fingerprint density at radius 3 is 1.26 bits per heavy atom. The number of aliphatic imine (C=N–C) groups is 1. The van der Waals surface area contributed by atoms with Crippen LogP contribution in [0.5, 0.6) is 0 Å². The molecule has 0 aliphatic rings. The second-order valence-electron chi connectivity index (χ2n) is 18.4. The van der Waals surface area contributed by atoms with E-state index >= 15 is 0 Å². The topological polar surface area (TPSA) is 148 Å². The summed E-state index contributed by atoms with van der Waals surface area (Å²) in [6.07, 6.45) is 0.909. The summed E-state index contributed by atoms with van der Waals surface area (Å²) in [6, 6.07) is 37.0. The van der Waals surface area contributed by atoms with Gasteiger partial charge in [-0.15, -0.1) is 0 Å². The summed E-state index contributed by atoms with van der Waals surface area (Å²) < 4.78 is 0. The Balaban J connectivity index is 0.000000318. The van der Waals surface area contributed by atoms with Crippen LogP contribution in [0.25, 0.3) is 0 Å². The molecule has 0 heterocycles. The molecule has 0 radical (unpaired) electrons. The lowest BCUT2D eigenvalue weighted by atomic mass is 9.87. The van der Waals surface area contributed by atoms with Crippen molar-refractivity contribution in [3.8, 4) is 0 Å². The van der Waals surface area contributed by atoms with E-state index in [9.17, 15) is 24.0 Å². The number of amides is 2. The number of nitrogen functional groups attached to an aromatic ring is 1. The van der Waals surface area contributed by atoms with Crippen LogP contribution < -0.4 is 16.4 Å². The van der Waals surface area contributed by atoms with E-state index < -0.39 is 5.24 Å². The van der Waals surface area contributed by atoms with Gasteiger partial charge in [-0.1, -0.05) is 123 Å². The van der Waals surface area contributed by atoms with Gasteiger partial charge in [-0.3, -0.25) is 29.3 Å². The Kier molecular flexibility index (Phi) is 21.6. The Bertz CT molecular complexity index is 2440. The van der Waals surface area contributed by atoms with Crippen LogP contribution in [0, 0.1) is 0 Å². The van der Waals surface area contributed by atoms with Crippen molar-refractivity contribution in [1.82, 2.24) is 5.32 Å². The van der Waals surface area contributed by atoms with E-state index in [4.69, 9.17) is 29.6 Å². The number of carbonyl (C=O) groups excluding carboxylic acids is 5. The lowest BCUT2D eigenvalue weighted by Crippen LogP contribution is -2.34. The molecule has 0 spiro atoms. The molecule has 5 rings (SSSR count). The molecule has 4 N–H and O–H groups in total. The molecule has 0 unspecified atom stereocenters. The summed E-state index contributed by atoms with van der Waals surface area (Å²) in [5, 5.41) is 7.55. The molecule has 5 aromatic carbocycles. The second kappa shape index (κ2) is 25.5. The van der Waals surface area contributed by atoms with Gasteiger partial charge in [0.2, 0.25) is 0 Å². The highest BCUT2D eigenvalue weighted by Gasteiger charge is 2.16. The first-order chi connectivity index (χ1) is 30.2. The Labute approximate surface area is 400 Å². The highest BCUT2D eigenvalue weighted by atomic mass is 35.5. The minimum absolute atomic E-state index is 0.0421. The van der Waals surface area contributed by atoms with Crippen LogP contribution in [0.3, 0.4) is 0 Å². The standard InChI is InChI=1S/C21H24N2O2S.C12H13NOS.C11H13ClO.C9H11NO/c1-14(24)13-15-5-11-18(12-6-15)22-20(26)23-19(25)16-7-9-17(10-8-16)21(2,3)4;1-12(2,3)10-6-4-9(5-7-10)11(14)13-8-15;1-11(2,3)9-6-4-8(5-7-9)10(12)13;1-7(11)6-8-2-4-9(10)5-3-8/h5-12H,13H2,1-4H3,(H2,22,23,25,26);4-7H,1-3H3;4-7H,1-3H3;2-5H,6,10H2,1H3. The van der Waals surface area contributed by atoms with Crippen molar-refractivity contribution in [3.63, 3.8) is 0 Å². The second-order valence-corrected chi connectivity index (χ2v) is 19.3. The molecule has 5 aromatic rings. The van der Waals surface area contributed by atoms with Crippen molar-refractivity contribution in [2.24, 2.45) is 4.99 Å². The first kappa shape index (κ1) is 55.2. The van der Waals surface area contributed by atoms with Gasteiger partial charge in [0, 0.05) is 40.9 Å². The number of nitrogens with two attached hydrogens (primary N) is 1. The van der Waals surface area contributed by atoms with Crippen molar-refractivity contribution < 1.29 is 24.0 Å².